The number of carbonyl (C=O) groups is 1. The molecule has 0 bridgehead atoms. The molecule has 25 heavy (non-hydrogen) atoms. The van der Waals surface area contributed by atoms with Crippen LogP contribution in [0.5, 0.6) is 17.2 Å². The molecule has 0 aliphatic rings. The molecular formula is C19H24N2O4. The van der Waals surface area contributed by atoms with E-state index in [1.807, 2.05) is 31.2 Å². The zero-order chi connectivity index (χ0) is 18.2. The van der Waals surface area contributed by atoms with E-state index in [-0.39, 0.29) is 18.5 Å². The molecular weight excluding hydrogens is 320 g/mol. The van der Waals surface area contributed by atoms with E-state index in [0.717, 1.165) is 11.3 Å². The zero-order valence-corrected chi connectivity index (χ0v) is 15.0. The monoisotopic (exact) mass is 344 g/mol. The van der Waals surface area contributed by atoms with Gasteiger partial charge in [0.05, 0.1) is 27.9 Å². The molecule has 0 aromatic heterocycles. The lowest BCUT2D eigenvalue weighted by atomic mass is 10.1. The normalized spacial score (nSPS) is 11.5. The fourth-order valence-electron chi connectivity index (χ4n) is 2.46. The van der Waals surface area contributed by atoms with E-state index in [0.29, 0.717) is 17.2 Å². The summed E-state index contributed by atoms with van der Waals surface area (Å²) in [6, 6.07) is 12.9. The highest BCUT2D eigenvalue weighted by molar-refractivity contribution is 5.92. The molecule has 1 unspecified atom stereocenters. The number of carbonyl (C=O) groups excluding carboxylic acids is 1. The van der Waals surface area contributed by atoms with Crippen molar-refractivity contribution in [2.24, 2.45) is 0 Å². The quantitative estimate of drug-likeness (QED) is 0.770. The summed E-state index contributed by atoms with van der Waals surface area (Å²) in [6.45, 7) is 2.15. The molecule has 2 rings (SSSR count). The van der Waals surface area contributed by atoms with Gasteiger partial charge < -0.3 is 24.8 Å². The highest BCUT2D eigenvalue weighted by atomic mass is 16.5. The van der Waals surface area contributed by atoms with Gasteiger partial charge in [0.15, 0.2) is 0 Å². The maximum Gasteiger partial charge on any atom is 0.238 e. The van der Waals surface area contributed by atoms with E-state index in [1.54, 1.807) is 39.5 Å². The predicted octanol–water partition coefficient (Wildman–Crippen LogP) is 3.00. The van der Waals surface area contributed by atoms with Gasteiger partial charge >= 0.3 is 0 Å². The van der Waals surface area contributed by atoms with E-state index >= 15 is 0 Å². The number of nitrogens with one attached hydrogen (secondary N) is 2. The molecule has 134 valence electrons. The fraction of sp³-hybridized carbons (Fsp3) is 0.316. The van der Waals surface area contributed by atoms with Crippen LogP contribution in [0.3, 0.4) is 0 Å². The van der Waals surface area contributed by atoms with Gasteiger partial charge in [-0.1, -0.05) is 18.2 Å². The highest BCUT2D eigenvalue weighted by Crippen LogP contribution is 2.26. The minimum atomic E-state index is -0.156. The Hall–Kier alpha value is -2.73. The summed E-state index contributed by atoms with van der Waals surface area (Å²) >= 11 is 0. The molecule has 0 fully saturated rings. The van der Waals surface area contributed by atoms with Gasteiger partial charge in [0.1, 0.15) is 17.2 Å². The van der Waals surface area contributed by atoms with Crippen molar-refractivity contribution in [1.29, 1.82) is 0 Å². The van der Waals surface area contributed by atoms with Crippen LogP contribution in [0, 0.1) is 0 Å². The van der Waals surface area contributed by atoms with E-state index in [1.165, 1.54) is 0 Å². The minimum absolute atomic E-state index is 0.0262. The molecule has 0 aliphatic carbocycles. The third-order valence-corrected chi connectivity index (χ3v) is 3.81. The Labute approximate surface area is 148 Å². The Kier molecular flexibility index (Phi) is 6.65. The first-order valence-electron chi connectivity index (χ1n) is 7.96. The van der Waals surface area contributed by atoms with Crippen molar-refractivity contribution in [1.82, 2.24) is 5.32 Å². The maximum absolute atomic E-state index is 12.2. The van der Waals surface area contributed by atoms with Crippen molar-refractivity contribution < 1.29 is 19.0 Å². The number of rotatable bonds is 8. The van der Waals surface area contributed by atoms with E-state index in [2.05, 4.69) is 10.6 Å². The third-order valence-electron chi connectivity index (χ3n) is 3.81. The number of para-hydroxylation sites is 1. The van der Waals surface area contributed by atoms with Crippen LogP contribution < -0.4 is 24.8 Å². The molecule has 0 radical (unpaired) electrons. The molecule has 6 nitrogen and oxygen atoms in total. The second-order valence-electron chi connectivity index (χ2n) is 5.49. The summed E-state index contributed by atoms with van der Waals surface area (Å²) in [5.74, 6) is 1.87. The summed E-state index contributed by atoms with van der Waals surface area (Å²) in [7, 11) is 4.77. The first-order chi connectivity index (χ1) is 12.1. The predicted molar refractivity (Wildman–Crippen MR) is 97.6 cm³/mol. The van der Waals surface area contributed by atoms with Crippen molar-refractivity contribution in [3.05, 3.63) is 48.0 Å². The van der Waals surface area contributed by atoms with Crippen LogP contribution in [0.1, 0.15) is 18.5 Å². The SMILES string of the molecule is COc1cc(NC(=O)CNC(C)c2ccccc2OC)cc(OC)c1. The number of ether oxygens (including phenoxy) is 3. The number of methoxy groups -OCH3 is 3. The van der Waals surface area contributed by atoms with E-state index < -0.39 is 0 Å². The average Bonchev–Trinajstić information content (AvgIpc) is 2.65. The Morgan fingerprint density at radius 1 is 1.00 bits per heavy atom. The fourth-order valence-corrected chi connectivity index (χ4v) is 2.46. The topological polar surface area (TPSA) is 68.8 Å². The molecule has 2 aromatic carbocycles. The van der Waals surface area contributed by atoms with Gasteiger partial charge in [0, 0.05) is 35.5 Å². The number of hydrogen-bond acceptors (Lipinski definition) is 5. The number of anilines is 1. The second-order valence-corrected chi connectivity index (χ2v) is 5.49. The largest absolute Gasteiger partial charge is 0.497 e. The number of hydrogen-bond donors (Lipinski definition) is 2. The smallest absolute Gasteiger partial charge is 0.238 e. The average molecular weight is 344 g/mol. The van der Waals surface area contributed by atoms with Crippen LogP contribution >= 0.6 is 0 Å². The summed E-state index contributed by atoms with van der Waals surface area (Å²) in [5.41, 5.74) is 1.62. The minimum Gasteiger partial charge on any atom is -0.497 e. The molecule has 1 atom stereocenters. The highest BCUT2D eigenvalue weighted by Gasteiger charge is 2.12. The number of amides is 1. The van der Waals surface area contributed by atoms with Crippen LogP contribution in [0.25, 0.3) is 0 Å². The zero-order valence-electron chi connectivity index (χ0n) is 15.0. The number of benzene rings is 2. The first kappa shape index (κ1) is 18.6. The second kappa shape index (κ2) is 8.94. The van der Waals surface area contributed by atoms with Crippen molar-refractivity contribution in [3.63, 3.8) is 0 Å². The lowest BCUT2D eigenvalue weighted by Crippen LogP contribution is -2.30. The summed E-state index contributed by atoms with van der Waals surface area (Å²) in [6.07, 6.45) is 0. The Balaban J connectivity index is 1.96. The van der Waals surface area contributed by atoms with Gasteiger partial charge in [0.2, 0.25) is 5.91 Å². The molecule has 0 aliphatic heterocycles. The summed E-state index contributed by atoms with van der Waals surface area (Å²) < 4.78 is 15.8. The van der Waals surface area contributed by atoms with Gasteiger partial charge in [0.25, 0.3) is 0 Å². The maximum atomic E-state index is 12.2. The molecule has 0 spiro atoms. The molecule has 1 amide bonds. The van der Waals surface area contributed by atoms with Crippen molar-refractivity contribution in [2.75, 3.05) is 33.2 Å². The van der Waals surface area contributed by atoms with Crippen molar-refractivity contribution >= 4 is 11.6 Å². The molecule has 0 heterocycles. The molecule has 2 aromatic rings. The molecule has 2 N–H and O–H groups in total. The lowest BCUT2D eigenvalue weighted by molar-refractivity contribution is -0.115. The summed E-state index contributed by atoms with van der Waals surface area (Å²) in [5, 5.41) is 6.03. The first-order valence-corrected chi connectivity index (χ1v) is 7.96. The Morgan fingerprint density at radius 3 is 2.24 bits per heavy atom. The Morgan fingerprint density at radius 2 is 1.64 bits per heavy atom. The van der Waals surface area contributed by atoms with Crippen LogP contribution in [0.2, 0.25) is 0 Å². The Bertz CT molecular complexity index is 696. The van der Waals surface area contributed by atoms with Gasteiger partial charge in [-0.25, -0.2) is 0 Å². The van der Waals surface area contributed by atoms with E-state index in [9.17, 15) is 4.79 Å². The molecule has 0 saturated carbocycles. The van der Waals surface area contributed by atoms with Gasteiger partial charge in [-0.05, 0) is 13.0 Å². The van der Waals surface area contributed by atoms with Gasteiger partial charge in [-0.2, -0.15) is 0 Å². The molecule has 0 saturated heterocycles. The van der Waals surface area contributed by atoms with Crippen molar-refractivity contribution in [2.45, 2.75) is 13.0 Å². The van der Waals surface area contributed by atoms with Crippen molar-refractivity contribution in [3.8, 4) is 17.2 Å². The lowest BCUT2D eigenvalue weighted by Gasteiger charge is -2.17. The third kappa shape index (κ3) is 5.12. The van der Waals surface area contributed by atoms with Crippen LogP contribution in [0.15, 0.2) is 42.5 Å². The van der Waals surface area contributed by atoms with Crippen LogP contribution in [-0.2, 0) is 4.79 Å². The van der Waals surface area contributed by atoms with E-state index in [4.69, 9.17) is 14.2 Å². The van der Waals surface area contributed by atoms with Gasteiger partial charge in [-0.15, -0.1) is 0 Å². The summed E-state index contributed by atoms with van der Waals surface area (Å²) in [4.78, 5) is 12.2. The molecule has 6 heteroatoms. The van der Waals surface area contributed by atoms with Crippen LogP contribution in [0.4, 0.5) is 5.69 Å². The van der Waals surface area contributed by atoms with Gasteiger partial charge in [-0.3, -0.25) is 4.79 Å². The van der Waals surface area contributed by atoms with Crippen LogP contribution in [-0.4, -0.2) is 33.8 Å². The standard InChI is InChI=1S/C19H24N2O4/c1-13(17-7-5-6-8-18(17)25-4)20-12-19(22)21-14-9-15(23-2)11-16(10-14)24-3/h5-11,13,20H,12H2,1-4H3,(H,21,22).